The van der Waals surface area contributed by atoms with Crippen LogP contribution in [0.1, 0.15) is 23.2 Å². The average molecular weight is 322 g/mol. The summed E-state index contributed by atoms with van der Waals surface area (Å²) in [6.45, 7) is 0.959. The molecular formula is C13H14Cl2FNO3. The molecule has 1 aliphatic heterocycles. The van der Waals surface area contributed by atoms with E-state index >= 15 is 0 Å². The van der Waals surface area contributed by atoms with Crippen LogP contribution < -0.4 is 5.32 Å². The topological polar surface area (TPSA) is 58.6 Å². The van der Waals surface area contributed by atoms with Gasteiger partial charge in [-0.2, -0.15) is 0 Å². The highest BCUT2D eigenvalue weighted by atomic mass is 35.5. The fourth-order valence-corrected chi connectivity index (χ4v) is 2.43. The van der Waals surface area contributed by atoms with Crippen LogP contribution in [0, 0.1) is 5.82 Å². The van der Waals surface area contributed by atoms with E-state index in [1.807, 2.05) is 0 Å². The van der Waals surface area contributed by atoms with E-state index in [-0.39, 0.29) is 22.2 Å². The Balaban J connectivity index is 2.03. The van der Waals surface area contributed by atoms with Gasteiger partial charge in [0.15, 0.2) is 0 Å². The van der Waals surface area contributed by atoms with Crippen LogP contribution in [0.15, 0.2) is 12.1 Å². The molecule has 1 saturated heterocycles. The van der Waals surface area contributed by atoms with Gasteiger partial charge in [0.1, 0.15) is 5.82 Å². The first-order chi connectivity index (χ1) is 9.41. The zero-order chi connectivity index (χ0) is 14.8. The summed E-state index contributed by atoms with van der Waals surface area (Å²) >= 11 is 11.4. The van der Waals surface area contributed by atoms with Crippen molar-refractivity contribution in [2.24, 2.45) is 0 Å². The van der Waals surface area contributed by atoms with Crippen LogP contribution in [0.3, 0.4) is 0 Å². The van der Waals surface area contributed by atoms with Crippen molar-refractivity contribution < 1.29 is 19.0 Å². The minimum Gasteiger partial charge on any atom is -0.388 e. The molecule has 1 amide bonds. The third kappa shape index (κ3) is 3.61. The molecule has 0 bridgehead atoms. The van der Waals surface area contributed by atoms with Crippen molar-refractivity contribution in [1.82, 2.24) is 5.32 Å². The van der Waals surface area contributed by atoms with Gasteiger partial charge in [0.05, 0.1) is 21.2 Å². The van der Waals surface area contributed by atoms with E-state index in [1.54, 1.807) is 0 Å². The summed E-state index contributed by atoms with van der Waals surface area (Å²) in [5, 5.41) is 12.7. The van der Waals surface area contributed by atoms with Gasteiger partial charge < -0.3 is 15.2 Å². The molecule has 1 aliphatic rings. The second-order valence-corrected chi connectivity index (χ2v) is 5.58. The molecule has 7 heteroatoms. The number of ether oxygens (including phenoxy) is 1. The summed E-state index contributed by atoms with van der Waals surface area (Å²) in [7, 11) is 0. The number of aliphatic hydroxyl groups is 1. The number of amides is 1. The molecule has 1 aromatic rings. The van der Waals surface area contributed by atoms with E-state index in [9.17, 15) is 14.3 Å². The molecule has 2 N–H and O–H groups in total. The number of hydrogen-bond donors (Lipinski definition) is 2. The van der Waals surface area contributed by atoms with Crippen LogP contribution in [-0.4, -0.2) is 36.4 Å². The first-order valence-corrected chi connectivity index (χ1v) is 6.90. The fraction of sp³-hybridized carbons (Fsp3) is 0.462. The maximum absolute atomic E-state index is 13.4. The Morgan fingerprint density at radius 1 is 1.35 bits per heavy atom. The molecule has 20 heavy (non-hydrogen) atoms. The molecule has 0 spiro atoms. The SMILES string of the molecule is O=C(NCC1(O)CCOCC1)c1cc(F)c(Cl)cc1Cl. The van der Waals surface area contributed by atoms with Crippen molar-refractivity contribution in [2.45, 2.75) is 18.4 Å². The molecule has 110 valence electrons. The number of rotatable bonds is 3. The summed E-state index contributed by atoms with van der Waals surface area (Å²) in [5.74, 6) is -1.27. The van der Waals surface area contributed by atoms with Gasteiger partial charge in [0.25, 0.3) is 5.91 Å². The minimum atomic E-state index is -0.995. The van der Waals surface area contributed by atoms with Crippen LogP contribution in [0.5, 0.6) is 0 Å². The molecule has 1 fully saturated rings. The lowest BCUT2D eigenvalue weighted by molar-refractivity contribution is -0.0605. The van der Waals surface area contributed by atoms with E-state index in [2.05, 4.69) is 5.32 Å². The zero-order valence-electron chi connectivity index (χ0n) is 10.6. The third-order valence-corrected chi connectivity index (χ3v) is 3.86. The number of carbonyl (C=O) groups excluding carboxylic acids is 1. The summed E-state index contributed by atoms with van der Waals surface area (Å²) in [5.41, 5.74) is -1.00. The van der Waals surface area contributed by atoms with Crippen molar-refractivity contribution in [2.75, 3.05) is 19.8 Å². The van der Waals surface area contributed by atoms with Gasteiger partial charge in [-0.3, -0.25) is 4.79 Å². The number of halogens is 3. The number of nitrogens with one attached hydrogen (secondary N) is 1. The Hall–Kier alpha value is -0.880. The molecule has 1 heterocycles. The Morgan fingerprint density at radius 2 is 2.00 bits per heavy atom. The van der Waals surface area contributed by atoms with E-state index in [4.69, 9.17) is 27.9 Å². The summed E-state index contributed by atoms with van der Waals surface area (Å²) < 4.78 is 18.5. The minimum absolute atomic E-state index is 0.00998. The largest absolute Gasteiger partial charge is 0.388 e. The molecule has 0 unspecified atom stereocenters. The maximum atomic E-state index is 13.4. The molecule has 0 aromatic heterocycles. The Morgan fingerprint density at radius 3 is 2.65 bits per heavy atom. The van der Waals surface area contributed by atoms with Crippen molar-refractivity contribution in [3.05, 3.63) is 33.6 Å². The Labute approximate surface area is 125 Å². The van der Waals surface area contributed by atoms with Crippen LogP contribution in [0.2, 0.25) is 10.0 Å². The van der Waals surface area contributed by atoms with Crippen molar-refractivity contribution in [3.63, 3.8) is 0 Å². The second kappa shape index (κ2) is 6.26. The van der Waals surface area contributed by atoms with E-state index < -0.39 is 17.3 Å². The highest BCUT2D eigenvalue weighted by Gasteiger charge is 2.30. The van der Waals surface area contributed by atoms with Gasteiger partial charge in [0.2, 0.25) is 0 Å². The normalized spacial score (nSPS) is 17.8. The number of carbonyl (C=O) groups is 1. The van der Waals surface area contributed by atoms with Crippen LogP contribution in [0.4, 0.5) is 4.39 Å². The molecule has 4 nitrogen and oxygen atoms in total. The monoisotopic (exact) mass is 321 g/mol. The van der Waals surface area contributed by atoms with E-state index in [0.717, 1.165) is 6.07 Å². The molecule has 0 aliphatic carbocycles. The molecule has 0 saturated carbocycles. The lowest BCUT2D eigenvalue weighted by atomic mass is 9.94. The average Bonchev–Trinajstić information content (AvgIpc) is 2.41. The summed E-state index contributed by atoms with van der Waals surface area (Å²) in [6, 6.07) is 2.16. The first-order valence-electron chi connectivity index (χ1n) is 6.14. The van der Waals surface area contributed by atoms with Gasteiger partial charge in [-0.25, -0.2) is 4.39 Å². The first kappa shape index (κ1) is 15.5. The zero-order valence-corrected chi connectivity index (χ0v) is 12.1. The lowest BCUT2D eigenvalue weighted by Gasteiger charge is -2.32. The molecule has 2 rings (SSSR count). The fourth-order valence-electron chi connectivity index (χ4n) is 1.96. The quantitative estimate of drug-likeness (QED) is 0.840. The second-order valence-electron chi connectivity index (χ2n) is 4.77. The molecular weight excluding hydrogens is 308 g/mol. The van der Waals surface area contributed by atoms with Crippen molar-refractivity contribution in [1.29, 1.82) is 0 Å². The van der Waals surface area contributed by atoms with Crippen LogP contribution in [-0.2, 0) is 4.74 Å². The van der Waals surface area contributed by atoms with Gasteiger partial charge in [-0.05, 0) is 12.1 Å². The molecule has 0 atom stereocenters. The molecule has 1 aromatic carbocycles. The van der Waals surface area contributed by atoms with E-state index in [1.165, 1.54) is 6.07 Å². The predicted octanol–water partition coefficient (Wildman–Crippen LogP) is 2.40. The van der Waals surface area contributed by atoms with Gasteiger partial charge in [-0.15, -0.1) is 0 Å². The highest BCUT2D eigenvalue weighted by molar-refractivity contribution is 6.36. The van der Waals surface area contributed by atoms with Gasteiger partial charge in [-0.1, -0.05) is 23.2 Å². The number of hydrogen-bond acceptors (Lipinski definition) is 3. The highest BCUT2D eigenvalue weighted by Crippen LogP contribution is 2.25. The van der Waals surface area contributed by atoms with Crippen molar-refractivity contribution in [3.8, 4) is 0 Å². The maximum Gasteiger partial charge on any atom is 0.253 e. The third-order valence-electron chi connectivity index (χ3n) is 3.26. The smallest absolute Gasteiger partial charge is 0.253 e. The summed E-state index contributed by atoms with van der Waals surface area (Å²) in [4.78, 5) is 12.0. The summed E-state index contributed by atoms with van der Waals surface area (Å²) in [6.07, 6.45) is 0.881. The Bertz CT molecular complexity index is 519. The lowest BCUT2D eigenvalue weighted by Crippen LogP contribution is -2.46. The molecule has 0 radical (unpaired) electrons. The Kier molecular flexibility index (Phi) is 4.86. The predicted molar refractivity (Wildman–Crippen MR) is 73.8 cm³/mol. The van der Waals surface area contributed by atoms with Gasteiger partial charge in [0, 0.05) is 32.6 Å². The standard InChI is InChI=1S/C13H14Cl2FNO3/c14-9-6-10(15)11(16)5-8(9)12(18)17-7-13(19)1-3-20-4-2-13/h5-6,19H,1-4,7H2,(H,17,18). The van der Waals surface area contributed by atoms with E-state index in [0.29, 0.717) is 26.1 Å². The van der Waals surface area contributed by atoms with Crippen LogP contribution >= 0.6 is 23.2 Å². The van der Waals surface area contributed by atoms with Crippen LogP contribution in [0.25, 0.3) is 0 Å². The number of benzene rings is 1. The van der Waals surface area contributed by atoms with Gasteiger partial charge >= 0.3 is 0 Å². The van der Waals surface area contributed by atoms with Crippen molar-refractivity contribution >= 4 is 29.1 Å².